The predicted molar refractivity (Wildman–Crippen MR) is 334 cm³/mol. The maximum atomic E-state index is 12.9. The van der Waals surface area contributed by atoms with Crippen molar-refractivity contribution in [3.05, 3.63) is 85.1 Å². The third-order valence-corrected chi connectivity index (χ3v) is 14.3. The van der Waals surface area contributed by atoms with Gasteiger partial charge in [-0.25, -0.2) is 0 Å². The van der Waals surface area contributed by atoms with Crippen LogP contribution < -0.4 is 0 Å². The normalized spacial score (nSPS) is 12.6. The van der Waals surface area contributed by atoms with Gasteiger partial charge in [-0.3, -0.25) is 14.4 Å². The quantitative estimate of drug-likeness (QED) is 0.0261. The maximum Gasteiger partial charge on any atom is 0.306 e. The van der Waals surface area contributed by atoms with E-state index in [1.54, 1.807) is 0 Å². The Labute approximate surface area is 477 Å². The van der Waals surface area contributed by atoms with Crippen molar-refractivity contribution in [3.8, 4) is 0 Å². The van der Waals surface area contributed by atoms with E-state index in [2.05, 4.69) is 106 Å². The van der Waals surface area contributed by atoms with Gasteiger partial charge in [0.25, 0.3) is 0 Å². The lowest BCUT2D eigenvalue weighted by molar-refractivity contribution is -0.167. The van der Waals surface area contributed by atoms with Crippen LogP contribution in [0.2, 0.25) is 0 Å². The first-order valence-electron chi connectivity index (χ1n) is 33.1. The summed E-state index contributed by atoms with van der Waals surface area (Å²) in [6.45, 7) is 6.59. The van der Waals surface area contributed by atoms with Gasteiger partial charge in [-0.15, -0.1) is 0 Å². The molecule has 0 spiro atoms. The van der Waals surface area contributed by atoms with Crippen molar-refractivity contribution in [2.45, 2.75) is 335 Å². The van der Waals surface area contributed by atoms with E-state index in [0.717, 1.165) is 109 Å². The number of allylic oxidation sites excluding steroid dienone is 14. The van der Waals surface area contributed by atoms with Crippen molar-refractivity contribution >= 4 is 17.9 Å². The Kier molecular flexibility index (Phi) is 62.2. The second-order valence-electron chi connectivity index (χ2n) is 22.0. The molecule has 6 heteroatoms. The van der Waals surface area contributed by atoms with E-state index in [-0.39, 0.29) is 31.1 Å². The van der Waals surface area contributed by atoms with Gasteiger partial charge in [0, 0.05) is 19.3 Å². The highest BCUT2D eigenvalue weighted by atomic mass is 16.6. The van der Waals surface area contributed by atoms with E-state index in [1.807, 2.05) is 0 Å². The Morgan fingerprint density at radius 1 is 0.260 bits per heavy atom. The van der Waals surface area contributed by atoms with Crippen LogP contribution in [0.3, 0.4) is 0 Å². The van der Waals surface area contributed by atoms with E-state index in [0.29, 0.717) is 19.3 Å². The molecule has 0 saturated heterocycles. The Morgan fingerprint density at radius 2 is 0.468 bits per heavy atom. The Hall–Kier alpha value is -3.41. The average Bonchev–Trinajstić information content (AvgIpc) is 3.43. The molecule has 0 aliphatic carbocycles. The molecule has 77 heavy (non-hydrogen) atoms. The third-order valence-electron chi connectivity index (χ3n) is 14.3. The number of carbonyl (C=O) groups excluding carboxylic acids is 3. The highest BCUT2D eigenvalue weighted by Crippen LogP contribution is 2.16. The molecule has 1 atom stereocenters. The second-order valence-corrected chi connectivity index (χ2v) is 22.0. The van der Waals surface area contributed by atoms with Crippen molar-refractivity contribution < 1.29 is 28.6 Å². The first-order valence-corrected chi connectivity index (χ1v) is 33.1. The third kappa shape index (κ3) is 63.3. The number of hydrogen-bond acceptors (Lipinski definition) is 6. The minimum Gasteiger partial charge on any atom is -0.462 e. The molecule has 0 rings (SSSR count). The van der Waals surface area contributed by atoms with Gasteiger partial charge in [0.1, 0.15) is 13.2 Å². The average molecular weight is 1070 g/mol. The largest absolute Gasteiger partial charge is 0.462 e. The molecule has 0 saturated carbocycles. The molecule has 0 fully saturated rings. The molecule has 444 valence electrons. The van der Waals surface area contributed by atoms with Crippen molar-refractivity contribution in [1.82, 2.24) is 0 Å². The molecule has 0 aliphatic heterocycles. The highest BCUT2D eigenvalue weighted by Gasteiger charge is 2.19. The molecule has 0 aromatic heterocycles. The molecule has 0 amide bonds. The zero-order chi connectivity index (χ0) is 55.7. The predicted octanol–water partition coefficient (Wildman–Crippen LogP) is 22.7. The summed E-state index contributed by atoms with van der Waals surface area (Å²) in [4.78, 5) is 38.4. The first kappa shape index (κ1) is 73.6. The van der Waals surface area contributed by atoms with Crippen LogP contribution in [0.1, 0.15) is 329 Å². The number of rotatable bonds is 60. The summed E-state index contributed by atoms with van der Waals surface area (Å²) in [5.74, 6) is -0.901. The Bertz CT molecular complexity index is 1470. The highest BCUT2D eigenvalue weighted by molar-refractivity contribution is 5.71. The van der Waals surface area contributed by atoms with Crippen LogP contribution in [0.4, 0.5) is 0 Å². The minimum atomic E-state index is -0.791. The van der Waals surface area contributed by atoms with E-state index < -0.39 is 6.10 Å². The topological polar surface area (TPSA) is 78.9 Å². The van der Waals surface area contributed by atoms with E-state index in [9.17, 15) is 14.4 Å². The zero-order valence-electron chi connectivity index (χ0n) is 51.0. The lowest BCUT2D eigenvalue weighted by atomic mass is 10.0. The van der Waals surface area contributed by atoms with Gasteiger partial charge >= 0.3 is 17.9 Å². The molecule has 6 nitrogen and oxygen atoms in total. The van der Waals surface area contributed by atoms with Crippen LogP contribution in [0.15, 0.2) is 85.1 Å². The smallest absolute Gasteiger partial charge is 0.306 e. The second kappa shape index (κ2) is 65.1. The number of unbranched alkanes of at least 4 members (excludes halogenated alkanes) is 35. The summed E-state index contributed by atoms with van der Waals surface area (Å²) in [6.07, 6.45) is 85.9. The number of carbonyl (C=O) groups is 3. The van der Waals surface area contributed by atoms with Crippen LogP contribution in [0.5, 0.6) is 0 Å². The fraction of sp³-hybridized carbons (Fsp3) is 0.761. The Morgan fingerprint density at radius 3 is 0.753 bits per heavy atom. The number of ether oxygens (including phenoxy) is 3. The standard InChI is InChI=1S/C71H124O6/c1-4-7-10-13-16-19-22-25-28-30-32-33-34-35-36-37-39-40-43-46-49-52-55-58-61-64-70(73)76-67-68(66-75-69(72)63-60-57-54-51-48-45-42-27-24-21-18-15-12-9-6-3)77-71(74)65-62-59-56-53-50-47-44-41-38-31-29-26-23-20-17-14-11-8-5-2/h17-18,20-22,25-27,29-30,32,38,41-42,68H,4-16,19,23-24,28,31,33-37,39-40,43-67H2,1-3H3/b20-17-,21-18-,25-22-,29-26-,32-30-,41-38-,42-27-. The van der Waals surface area contributed by atoms with Crippen LogP contribution in [-0.2, 0) is 28.6 Å². The molecule has 0 aliphatic rings. The van der Waals surface area contributed by atoms with Crippen molar-refractivity contribution in [1.29, 1.82) is 0 Å². The van der Waals surface area contributed by atoms with Gasteiger partial charge in [-0.2, -0.15) is 0 Å². The lowest BCUT2D eigenvalue weighted by Crippen LogP contribution is -2.30. The van der Waals surface area contributed by atoms with E-state index in [1.165, 1.54) is 180 Å². The van der Waals surface area contributed by atoms with Crippen molar-refractivity contribution in [3.63, 3.8) is 0 Å². The van der Waals surface area contributed by atoms with Crippen LogP contribution in [-0.4, -0.2) is 37.2 Å². The zero-order valence-corrected chi connectivity index (χ0v) is 51.0. The van der Waals surface area contributed by atoms with Gasteiger partial charge in [0.05, 0.1) is 0 Å². The van der Waals surface area contributed by atoms with Gasteiger partial charge in [-0.1, -0.05) is 273 Å². The molecule has 0 aromatic carbocycles. The van der Waals surface area contributed by atoms with Crippen LogP contribution in [0.25, 0.3) is 0 Å². The molecule has 1 unspecified atom stereocenters. The summed E-state index contributed by atoms with van der Waals surface area (Å²) in [6, 6.07) is 0. The molecule has 0 N–H and O–H groups in total. The summed E-state index contributed by atoms with van der Waals surface area (Å²) >= 11 is 0. The molecule has 0 bridgehead atoms. The lowest BCUT2D eigenvalue weighted by Gasteiger charge is -2.18. The van der Waals surface area contributed by atoms with Crippen LogP contribution >= 0.6 is 0 Å². The Balaban J connectivity index is 4.35. The molecule has 0 radical (unpaired) electrons. The SMILES string of the molecule is CCCCC/C=C\C/C=C\C/C=C\CCCCCCCCC(=O)OC(COC(=O)CCCCCCC/C=C\C/C=C\CCCCC)COC(=O)CCCCCCCCCCCCCCC/C=C\C/C=C\CCCCCCC. The van der Waals surface area contributed by atoms with E-state index in [4.69, 9.17) is 14.2 Å². The molecular weight excluding hydrogens is 949 g/mol. The summed E-state index contributed by atoms with van der Waals surface area (Å²) < 4.78 is 16.9. The van der Waals surface area contributed by atoms with Crippen LogP contribution in [0, 0.1) is 0 Å². The molecule has 0 heterocycles. The van der Waals surface area contributed by atoms with Crippen molar-refractivity contribution in [2.24, 2.45) is 0 Å². The number of esters is 3. The fourth-order valence-electron chi connectivity index (χ4n) is 9.33. The maximum absolute atomic E-state index is 12.9. The summed E-state index contributed by atoms with van der Waals surface area (Å²) in [5.41, 5.74) is 0. The summed E-state index contributed by atoms with van der Waals surface area (Å²) in [5, 5.41) is 0. The molecule has 0 aromatic rings. The minimum absolute atomic E-state index is 0.0857. The van der Waals surface area contributed by atoms with Gasteiger partial charge in [0.15, 0.2) is 6.10 Å². The summed E-state index contributed by atoms with van der Waals surface area (Å²) in [7, 11) is 0. The van der Waals surface area contributed by atoms with Gasteiger partial charge in [0.2, 0.25) is 0 Å². The number of hydrogen-bond donors (Lipinski definition) is 0. The molecular formula is C71H124O6. The van der Waals surface area contributed by atoms with Gasteiger partial charge in [-0.05, 0) is 122 Å². The fourth-order valence-corrected chi connectivity index (χ4v) is 9.33. The van der Waals surface area contributed by atoms with E-state index >= 15 is 0 Å². The monoisotopic (exact) mass is 1070 g/mol. The van der Waals surface area contributed by atoms with Gasteiger partial charge < -0.3 is 14.2 Å². The van der Waals surface area contributed by atoms with Crippen molar-refractivity contribution in [2.75, 3.05) is 13.2 Å². The first-order chi connectivity index (χ1) is 38.0.